The van der Waals surface area contributed by atoms with Gasteiger partial charge in [0.1, 0.15) is 5.75 Å². The molecule has 3 N–H and O–H groups in total. The number of aromatic nitrogens is 3. The Morgan fingerprint density at radius 2 is 1.93 bits per heavy atom. The van der Waals surface area contributed by atoms with Gasteiger partial charge in [-0.2, -0.15) is 5.10 Å². The molecule has 0 spiro atoms. The van der Waals surface area contributed by atoms with Crippen LogP contribution in [0.1, 0.15) is 5.56 Å². The fourth-order valence-electron chi connectivity index (χ4n) is 3.71. The molecule has 1 saturated heterocycles. The van der Waals surface area contributed by atoms with Crippen molar-refractivity contribution in [2.75, 3.05) is 13.1 Å². The number of amides is 1. The van der Waals surface area contributed by atoms with E-state index in [4.69, 9.17) is 10.5 Å². The third-order valence-electron chi connectivity index (χ3n) is 5.41. The zero-order valence-electron chi connectivity index (χ0n) is 16.3. The molecule has 5 rings (SSSR count). The monoisotopic (exact) mass is 399 g/mol. The van der Waals surface area contributed by atoms with E-state index >= 15 is 0 Å². The highest BCUT2D eigenvalue weighted by molar-refractivity contribution is 5.84. The Morgan fingerprint density at radius 3 is 2.67 bits per heavy atom. The van der Waals surface area contributed by atoms with E-state index in [1.807, 2.05) is 30.3 Å². The molecule has 0 unspecified atom stereocenters. The van der Waals surface area contributed by atoms with Crippen LogP contribution in [0.4, 0.5) is 0 Å². The molecule has 1 aliphatic heterocycles. The number of benzene rings is 2. The maximum atomic E-state index is 11.2. The lowest BCUT2D eigenvalue weighted by molar-refractivity contribution is -0.127. The molecule has 2 aromatic heterocycles. The van der Waals surface area contributed by atoms with Crippen molar-refractivity contribution in [3.8, 4) is 22.9 Å². The largest absolute Gasteiger partial charge is 0.439 e. The normalized spacial score (nSPS) is 14.5. The van der Waals surface area contributed by atoms with E-state index < -0.39 is 0 Å². The van der Waals surface area contributed by atoms with Gasteiger partial charge in [0.2, 0.25) is 11.8 Å². The lowest BCUT2D eigenvalue weighted by Crippen LogP contribution is -2.51. The molecular weight excluding hydrogens is 378 g/mol. The summed E-state index contributed by atoms with van der Waals surface area (Å²) in [5.41, 5.74) is 8.43. The molecule has 0 saturated carbocycles. The standard InChI is InChI=1S/C23H21N5O2/c24-23(29)19-13-28(14-19)12-15-1-2-17-10-20(5-3-16(17)9-15)30-22-6-4-18(11-25-22)21-7-8-26-27-21/h1-11,19H,12-14H2,(H2,24,29)(H,26,27). The van der Waals surface area contributed by atoms with Crippen LogP contribution in [0.3, 0.4) is 0 Å². The summed E-state index contributed by atoms with van der Waals surface area (Å²) in [7, 11) is 0. The smallest absolute Gasteiger partial charge is 0.223 e. The van der Waals surface area contributed by atoms with E-state index in [1.165, 1.54) is 5.56 Å². The third-order valence-corrected chi connectivity index (χ3v) is 5.41. The summed E-state index contributed by atoms with van der Waals surface area (Å²) in [6, 6.07) is 18.1. The van der Waals surface area contributed by atoms with Gasteiger partial charge < -0.3 is 10.5 Å². The van der Waals surface area contributed by atoms with Gasteiger partial charge in [-0.05, 0) is 46.7 Å². The molecule has 4 aromatic rings. The summed E-state index contributed by atoms with van der Waals surface area (Å²) in [6.45, 7) is 2.31. The number of H-pyrrole nitrogens is 1. The predicted octanol–water partition coefficient (Wildman–Crippen LogP) is 3.33. The SMILES string of the molecule is NC(=O)C1CN(Cc2ccc3cc(Oc4ccc(-c5ccn[nH]5)cn4)ccc3c2)C1. The molecule has 30 heavy (non-hydrogen) atoms. The van der Waals surface area contributed by atoms with Gasteiger partial charge in [-0.3, -0.25) is 14.8 Å². The van der Waals surface area contributed by atoms with E-state index in [0.717, 1.165) is 47.4 Å². The first-order valence-electron chi connectivity index (χ1n) is 9.82. The number of nitrogens with one attached hydrogen (secondary N) is 1. The number of hydrogen-bond acceptors (Lipinski definition) is 5. The van der Waals surface area contributed by atoms with Crippen molar-refractivity contribution in [1.29, 1.82) is 0 Å². The van der Waals surface area contributed by atoms with E-state index in [9.17, 15) is 4.79 Å². The van der Waals surface area contributed by atoms with Gasteiger partial charge in [-0.25, -0.2) is 4.98 Å². The van der Waals surface area contributed by atoms with Crippen LogP contribution >= 0.6 is 0 Å². The molecule has 0 aliphatic carbocycles. The molecule has 1 amide bonds. The van der Waals surface area contributed by atoms with Crippen LogP contribution < -0.4 is 10.5 Å². The predicted molar refractivity (Wildman–Crippen MR) is 114 cm³/mol. The van der Waals surface area contributed by atoms with Crippen LogP contribution in [0.15, 0.2) is 67.0 Å². The quantitative estimate of drug-likeness (QED) is 0.518. The van der Waals surface area contributed by atoms with Crippen molar-refractivity contribution in [2.45, 2.75) is 6.54 Å². The first kappa shape index (κ1) is 18.3. The molecule has 1 fully saturated rings. The summed E-state index contributed by atoms with van der Waals surface area (Å²) < 4.78 is 5.93. The Labute approximate surface area is 173 Å². The highest BCUT2D eigenvalue weighted by atomic mass is 16.5. The Balaban J connectivity index is 1.26. The van der Waals surface area contributed by atoms with Crippen molar-refractivity contribution in [1.82, 2.24) is 20.1 Å². The summed E-state index contributed by atoms with van der Waals surface area (Å²) in [4.78, 5) is 17.8. The summed E-state index contributed by atoms with van der Waals surface area (Å²) in [5, 5.41) is 9.12. The van der Waals surface area contributed by atoms with Gasteiger partial charge in [0.05, 0.1) is 11.6 Å². The van der Waals surface area contributed by atoms with Crippen LogP contribution in [0.2, 0.25) is 0 Å². The lowest BCUT2D eigenvalue weighted by Gasteiger charge is -2.37. The number of rotatable bonds is 6. The Hall–Kier alpha value is -3.71. The Morgan fingerprint density at radius 1 is 1.10 bits per heavy atom. The average molecular weight is 399 g/mol. The van der Waals surface area contributed by atoms with Gasteiger partial charge in [0, 0.05) is 43.7 Å². The highest BCUT2D eigenvalue weighted by Crippen LogP contribution is 2.27. The summed E-state index contributed by atoms with van der Waals surface area (Å²) in [5.74, 6) is 1.06. The molecule has 0 radical (unpaired) electrons. The van der Waals surface area contributed by atoms with Gasteiger partial charge in [-0.15, -0.1) is 0 Å². The minimum Gasteiger partial charge on any atom is -0.439 e. The topological polar surface area (TPSA) is 97.1 Å². The van der Waals surface area contributed by atoms with Gasteiger partial charge >= 0.3 is 0 Å². The van der Waals surface area contributed by atoms with Gasteiger partial charge in [-0.1, -0.05) is 18.2 Å². The molecule has 0 atom stereocenters. The number of likely N-dealkylation sites (tertiary alicyclic amines) is 1. The number of nitrogens with two attached hydrogens (primary N) is 1. The molecular formula is C23H21N5O2. The molecule has 7 heteroatoms. The van der Waals surface area contributed by atoms with Crippen LogP contribution in [0.5, 0.6) is 11.6 Å². The minimum atomic E-state index is -0.206. The highest BCUT2D eigenvalue weighted by Gasteiger charge is 2.30. The number of fused-ring (bicyclic) bond motifs is 1. The number of nitrogens with zero attached hydrogens (tertiary/aromatic N) is 3. The van der Waals surface area contributed by atoms with Crippen molar-refractivity contribution < 1.29 is 9.53 Å². The maximum absolute atomic E-state index is 11.2. The number of ether oxygens (including phenoxy) is 1. The number of aromatic amines is 1. The van der Waals surface area contributed by atoms with E-state index in [-0.39, 0.29) is 11.8 Å². The van der Waals surface area contributed by atoms with E-state index in [2.05, 4.69) is 44.3 Å². The first-order valence-corrected chi connectivity index (χ1v) is 9.82. The number of pyridine rings is 1. The maximum Gasteiger partial charge on any atom is 0.223 e. The fraction of sp³-hybridized carbons (Fsp3) is 0.174. The second kappa shape index (κ2) is 7.61. The lowest BCUT2D eigenvalue weighted by atomic mass is 9.98. The number of carbonyl (C=O) groups is 1. The summed E-state index contributed by atoms with van der Waals surface area (Å²) in [6.07, 6.45) is 3.47. The molecule has 2 aromatic carbocycles. The zero-order valence-corrected chi connectivity index (χ0v) is 16.3. The second-order valence-corrected chi connectivity index (χ2v) is 7.59. The third kappa shape index (κ3) is 3.75. The first-order chi connectivity index (χ1) is 14.6. The molecule has 7 nitrogen and oxygen atoms in total. The van der Waals surface area contributed by atoms with E-state index in [0.29, 0.717) is 5.88 Å². The number of carbonyl (C=O) groups excluding carboxylic acids is 1. The Bertz CT molecular complexity index is 1180. The second-order valence-electron chi connectivity index (χ2n) is 7.59. The summed E-state index contributed by atoms with van der Waals surface area (Å²) >= 11 is 0. The van der Waals surface area contributed by atoms with Crippen molar-refractivity contribution in [2.24, 2.45) is 11.7 Å². The van der Waals surface area contributed by atoms with Crippen LogP contribution in [0.25, 0.3) is 22.0 Å². The molecule has 150 valence electrons. The van der Waals surface area contributed by atoms with Crippen LogP contribution in [-0.4, -0.2) is 39.1 Å². The van der Waals surface area contributed by atoms with Gasteiger partial charge in [0.25, 0.3) is 0 Å². The number of primary amides is 1. The number of hydrogen-bond donors (Lipinski definition) is 2. The molecule has 0 bridgehead atoms. The van der Waals surface area contributed by atoms with Crippen LogP contribution in [0, 0.1) is 5.92 Å². The van der Waals surface area contributed by atoms with Crippen LogP contribution in [-0.2, 0) is 11.3 Å². The van der Waals surface area contributed by atoms with Crippen molar-refractivity contribution in [3.63, 3.8) is 0 Å². The fourth-order valence-corrected chi connectivity index (χ4v) is 3.71. The molecule has 3 heterocycles. The van der Waals surface area contributed by atoms with Crippen molar-refractivity contribution in [3.05, 3.63) is 72.6 Å². The zero-order chi connectivity index (χ0) is 20.5. The minimum absolute atomic E-state index is 0.00711. The molecule has 1 aliphatic rings. The van der Waals surface area contributed by atoms with E-state index in [1.54, 1.807) is 12.4 Å². The van der Waals surface area contributed by atoms with Crippen molar-refractivity contribution >= 4 is 16.7 Å². The average Bonchev–Trinajstić information content (AvgIpc) is 3.25. The van der Waals surface area contributed by atoms with Gasteiger partial charge in [0.15, 0.2) is 0 Å². The Kier molecular flexibility index (Phi) is 4.65.